The molecule has 0 aliphatic rings. The Kier molecular flexibility index (Phi) is 10.3. The molecule has 1 aromatic rings. The number of nitrogens with two attached hydrogens (primary N) is 1. The summed E-state index contributed by atoms with van der Waals surface area (Å²) in [5.74, 6) is 0.262. The summed E-state index contributed by atoms with van der Waals surface area (Å²) >= 11 is 0. The molecule has 0 amide bonds. The molecule has 0 aromatic heterocycles. The lowest BCUT2D eigenvalue weighted by molar-refractivity contribution is 0.179. The molecule has 0 bridgehead atoms. The molecule has 126 valence electrons. The second-order valence-corrected chi connectivity index (χ2v) is 6.25. The number of aliphatic imine (C=N–C) groups is 1. The van der Waals surface area contributed by atoms with E-state index in [2.05, 4.69) is 15.0 Å². The van der Waals surface area contributed by atoms with E-state index in [1.165, 1.54) is 12.1 Å². The minimum Gasteiger partial charge on any atom is -0.383 e. The first-order valence-electron chi connectivity index (χ1n) is 6.56. The van der Waals surface area contributed by atoms with E-state index in [-0.39, 0.29) is 54.0 Å². The Hall–Kier alpha value is -0.910. The predicted molar refractivity (Wildman–Crippen MR) is 98.0 cm³/mol. The smallest absolute Gasteiger partial charge is 0.240 e. The zero-order valence-electron chi connectivity index (χ0n) is 12.7. The molecule has 7 nitrogen and oxygen atoms in total. The average molecular weight is 442 g/mol. The molecule has 0 aliphatic heterocycles. The van der Waals surface area contributed by atoms with Crippen molar-refractivity contribution in [2.75, 3.05) is 26.8 Å². The molecule has 0 saturated heterocycles. The number of halogens is 1. The van der Waals surface area contributed by atoms with Gasteiger partial charge in [-0.3, -0.25) is 4.99 Å². The van der Waals surface area contributed by atoms with Gasteiger partial charge in [-0.1, -0.05) is 18.2 Å². The van der Waals surface area contributed by atoms with Crippen LogP contribution >= 0.6 is 24.0 Å². The van der Waals surface area contributed by atoms with E-state index in [0.717, 1.165) is 0 Å². The molecule has 22 heavy (non-hydrogen) atoms. The molecule has 9 heteroatoms. The first-order chi connectivity index (χ1) is 9.95. The summed E-state index contributed by atoms with van der Waals surface area (Å²) in [5, 5.41) is 2.94. The van der Waals surface area contributed by atoms with Gasteiger partial charge in [0.05, 0.1) is 18.0 Å². The Morgan fingerprint density at radius 1 is 1.36 bits per heavy atom. The first-order valence-corrected chi connectivity index (χ1v) is 8.04. The normalized spacial score (nSPS) is 13.3. The third-order valence-electron chi connectivity index (χ3n) is 2.55. The molecule has 0 saturated carbocycles. The molecule has 0 spiro atoms. The summed E-state index contributed by atoms with van der Waals surface area (Å²) in [7, 11) is -1.89. The number of rotatable bonds is 8. The van der Waals surface area contributed by atoms with Gasteiger partial charge in [0.1, 0.15) is 0 Å². The SMILES string of the molecule is COCC(C)NC(N)=NCCNS(=O)(=O)c1ccccc1.I. The van der Waals surface area contributed by atoms with Crippen LogP contribution in [0.4, 0.5) is 0 Å². The van der Waals surface area contributed by atoms with Gasteiger partial charge in [0.2, 0.25) is 10.0 Å². The lowest BCUT2D eigenvalue weighted by Crippen LogP contribution is -2.41. The monoisotopic (exact) mass is 442 g/mol. The maximum absolute atomic E-state index is 11.9. The van der Waals surface area contributed by atoms with Crippen LogP contribution in [-0.4, -0.2) is 47.2 Å². The van der Waals surface area contributed by atoms with Gasteiger partial charge in [0.15, 0.2) is 5.96 Å². The molecule has 4 N–H and O–H groups in total. The highest BCUT2D eigenvalue weighted by molar-refractivity contribution is 14.0. The van der Waals surface area contributed by atoms with Crippen LogP contribution in [-0.2, 0) is 14.8 Å². The molecular formula is C13H23IN4O3S. The zero-order chi connectivity index (χ0) is 15.7. The number of guanidine groups is 1. The highest BCUT2D eigenvalue weighted by Gasteiger charge is 2.11. The summed E-state index contributed by atoms with van der Waals surface area (Å²) in [6.07, 6.45) is 0. The van der Waals surface area contributed by atoms with Crippen molar-refractivity contribution >= 4 is 40.0 Å². The zero-order valence-corrected chi connectivity index (χ0v) is 15.8. The van der Waals surface area contributed by atoms with Gasteiger partial charge < -0.3 is 15.8 Å². The third-order valence-corrected chi connectivity index (χ3v) is 4.03. The van der Waals surface area contributed by atoms with E-state index in [1.54, 1.807) is 25.3 Å². The second kappa shape index (κ2) is 10.8. The standard InChI is InChI=1S/C13H22N4O3S.HI/c1-11(10-20-2)17-13(14)15-8-9-16-21(18,19)12-6-4-3-5-7-12;/h3-7,11,16H,8-10H2,1-2H3,(H3,14,15,17);1H. The largest absolute Gasteiger partial charge is 0.383 e. The minimum absolute atomic E-state index is 0. The summed E-state index contributed by atoms with van der Waals surface area (Å²) in [6, 6.07) is 8.22. The second-order valence-electron chi connectivity index (χ2n) is 4.48. The molecule has 0 fully saturated rings. The lowest BCUT2D eigenvalue weighted by Gasteiger charge is -2.13. The topological polar surface area (TPSA) is 106 Å². The van der Waals surface area contributed by atoms with Gasteiger partial charge >= 0.3 is 0 Å². The van der Waals surface area contributed by atoms with Gasteiger partial charge in [-0.15, -0.1) is 24.0 Å². The van der Waals surface area contributed by atoms with E-state index in [9.17, 15) is 8.42 Å². The van der Waals surface area contributed by atoms with Crippen LogP contribution < -0.4 is 15.8 Å². The maximum Gasteiger partial charge on any atom is 0.240 e. The minimum atomic E-state index is -3.49. The Morgan fingerprint density at radius 3 is 2.59 bits per heavy atom. The summed E-state index contributed by atoms with van der Waals surface area (Å²) < 4.78 is 31.3. The van der Waals surface area contributed by atoms with Gasteiger partial charge in [-0.05, 0) is 19.1 Å². The molecule has 1 unspecified atom stereocenters. The van der Waals surface area contributed by atoms with Crippen LogP contribution in [0.2, 0.25) is 0 Å². The van der Waals surface area contributed by atoms with Gasteiger partial charge in [0, 0.05) is 19.7 Å². The van der Waals surface area contributed by atoms with E-state index in [1.807, 2.05) is 6.92 Å². The third kappa shape index (κ3) is 7.92. The fourth-order valence-corrected chi connectivity index (χ4v) is 2.67. The summed E-state index contributed by atoms with van der Waals surface area (Å²) in [5.41, 5.74) is 5.67. The molecular weight excluding hydrogens is 419 g/mol. The van der Waals surface area contributed by atoms with Crippen LogP contribution in [0.25, 0.3) is 0 Å². The van der Waals surface area contributed by atoms with Crippen molar-refractivity contribution in [3.63, 3.8) is 0 Å². The number of methoxy groups -OCH3 is 1. The number of hydrogen-bond acceptors (Lipinski definition) is 4. The fraction of sp³-hybridized carbons (Fsp3) is 0.462. The van der Waals surface area contributed by atoms with Gasteiger partial charge in [0.25, 0.3) is 0 Å². The van der Waals surface area contributed by atoms with E-state index >= 15 is 0 Å². The first kappa shape index (κ1) is 21.1. The highest BCUT2D eigenvalue weighted by atomic mass is 127. The molecule has 1 aromatic carbocycles. The van der Waals surface area contributed by atoms with Crippen LogP contribution in [0.1, 0.15) is 6.92 Å². The van der Waals surface area contributed by atoms with Crippen molar-refractivity contribution in [1.82, 2.24) is 10.0 Å². The van der Waals surface area contributed by atoms with Crippen molar-refractivity contribution < 1.29 is 13.2 Å². The lowest BCUT2D eigenvalue weighted by atomic mass is 10.4. The van der Waals surface area contributed by atoms with Crippen molar-refractivity contribution in [2.24, 2.45) is 10.7 Å². The van der Waals surface area contributed by atoms with Gasteiger partial charge in [-0.25, -0.2) is 13.1 Å². The van der Waals surface area contributed by atoms with Crippen LogP contribution in [0.5, 0.6) is 0 Å². The Labute approximate surface area is 148 Å². The maximum atomic E-state index is 11.9. The predicted octanol–water partition coefficient (Wildman–Crippen LogP) is 0.522. The van der Waals surface area contributed by atoms with Crippen molar-refractivity contribution in [2.45, 2.75) is 17.9 Å². The quantitative estimate of drug-likeness (QED) is 0.236. The van der Waals surface area contributed by atoms with E-state index in [0.29, 0.717) is 6.61 Å². The van der Waals surface area contributed by atoms with Crippen molar-refractivity contribution in [3.8, 4) is 0 Å². The number of nitrogens with one attached hydrogen (secondary N) is 2. The molecule has 1 atom stereocenters. The van der Waals surface area contributed by atoms with E-state index < -0.39 is 10.0 Å². The Morgan fingerprint density at radius 2 is 2.00 bits per heavy atom. The highest BCUT2D eigenvalue weighted by Crippen LogP contribution is 2.06. The summed E-state index contributed by atoms with van der Waals surface area (Å²) in [6.45, 7) is 2.85. The number of ether oxygens (including phenoxy) is 1. The van der Waals surface area contributed by atoms with E-state index in [4.69, 9.17) is 10.5 Å². The Balaban J connectivity index is 0.00000441. The Bertz CT molecular complexity index is 552. The number of sulfonamides is 1. The number of nitrogens with zero attached hydrogens (tertiary/aromatic N) is 1. The van der Waals surface area contributed by atoms with Crippen LogP contribution in [0.15, 0.2) is 40.2 Å². The molecule has 0 aliphatic carbocycles. The molecule has 0 heterocycles. The molecule has 0 radical (unpaired) electrons. The van der Waals surface area contributed by atoms with Crippen LogP contribution in [0.3, 0.4) is 0 Å². The number of benzene rings is 1. The summed E-state index contributed by atoms with van der Waals surface area (Å²) in [4.78, 5) is 4.27. The average Bonchev–Trinajstić information content (AvgIpc) is 2.45. The number of hydrogen-bond donors (Lipinski definition) is 3. The molecule has 1 rings (SSSR count). The van der Waals surface area contributed by atoms with Crippen LogP contribution in [0, 0.1) is 0 Å². The van der Waals surface area contributed by atoms with Gasteiger partial charge in [-0.2, -0.15) is 0 Å². The van der Waals surface area contributed by atoms with Crippen molar-refractivity contribution in [3.05, 3.63) is 30.3 Å². The fourth-order valence-electron chi connectivity index (χ4n) is 1.63. The van der Waals surface area contributed by atoms with Crippen molar-refractivity contribution in [1.29, 1.82) is 0 Å².